The number of carbonyl (C=O) groups is 1. The Labute approximate surface area is 312 Å². The summed E-state index contributed by atoms with van der Waals surface area (Å²) in [5, 5.41) is 14.8. The molecule has 1 saturated heterocycles. The fourth-order valence-electron chi connectivity index (χ4n) is 7.57. The highest BCUT2D eigenvalue weighted by Gasteiger charge is 2.40. The number of aliphatic imine (C=N–C) groups is 1. The molecule has 2 unspecified atom stereocenters. The Hall–Kier alpha value is -5.17. The molecular weight excluding hydrogens is 692 g/mol. The summed E-state index contributed by atoms with van der Waals surface area (Å²) in [6.45, 7) is 9.32. The molecule has 0 saturated carbocycles. The third-order valence-electron chi connectivity index (χ3n) is 10.8. The van der Waals surface area contributed by atoms with E-state index in [4.69, 9.17) is 35.2 Å². The number of rotatable bonds is 9. The number of benzene rings is 3. The topological polar surface area (TPSA) is 139 Å². The fourth-order valence-corrected chi connectivity index (χ4v) is 7.57. The van der Waals surface area contributed by atoms with Crippen molar-refractivity contribution in [1.82, 2.24) is 14.9 Å². The lowest BCUT2D eigenvalue weighted by Gasteiger charge is -2.38. The van der Waals surface area contributed by atoms with Gasteiger partial charge in [0.25, 0.3) is 5.91 Å². The summed E-state index contributed by atoms with van der Waals surface area (Å²) in [6.07, 6.45) is 4.94. The number of hydrogen-bond donors (Lipinski definition) is 2. The van der Waals surface area contributed by atoms with Crippen molar-refractivity contribution < 1.29 is 28.2 Å². The van der Waals surface area contributed by atoms with E-state index >= 15 is 4.39 Å². The average molecular weight is 740 g/mol. The van der Waals surface area contributed by atoms with Gasteiger partial charge in [0.2, 0.25) is 0 Å². The van der Waals surface area contributed by atoms with Gasteiger partial charge in [0, 0.05) is 38.0 Å². The number of halogens is 2. The van der Waals surface area contributed by atoms with Gasteiger partial charge in [0.15, 0.2) is 0 Å². The number of phenols is 1. The number of amides is 1. The predicted octanol–water partition coefficient (Wildman–Crippen LogP) is 4.55. The number of aromatic nitrogens is 2. The van der Waals surface area contributed by atoms with E-state index in [1.165, 1.54) is 11.0 Å². The van der Waals surface area contributed by atoms with Crippen molar-refractivity contribution in [3.63, 3.8) is 0 Å². The summed E-state index contributed by atoms with van der Waals surface area (Å²) in [6, 6.07) is 6.45. The van der Waals surface area contributed by atoms with Crippen molar-refractivity contribution in [2.75, 3.05) is 65.1 Å². The van der Waals surface area contributed by atoms with E-state index in [0.29, 0.717) is 76.8 Å². The van der Waals surface area contributed by atoms with Crippen LogP contribution in [0.3, 0.4) is 0 Å². The Morgan fingerprint density at radius 2 is 1.98 bits per heavy atom. The van der Waals surface area contributed by atoms with Gasteiger partial charge in [-0.1, -0.05) is 26.0 Å². The molecule has 4 heterocycles. The number of phenolic OH excluding ortho intramolecular Hbond substituents is 1. The highest BCUT2D eigenvalue weighted by molar-refractivity contribution is 6.07. The number of alkyl halides is 1. The number of nitrogens with two attached hydrogens (primary N) is 1. The van der Waals surface area contributed by atoms with Crippen molar-refractivity contribution in [3.8, 4) is 22.9 Å². The van der Waals surface area contributed by atoms with Crippen LogP contribution in [0.4, 0.5) is 14.6 Å². The number of aryl methyl sites for hydroxylation is 2. The fraction of sp³-hybridized carbons (Fsp3) is 0.439. The predicted molar refractivity (Wildman–Crippen MR) is 207 cm³/mol. The molecule has 0 bridgehead atoms. The molecule has 3 aliphatic rings. The Kier molecular flexibility index (Phi) is 10.0. The van der Waals surface area contributed by atoms with E-state index in [2.05, 4.69) is 24.8 Å². The van der Waals surface area contributed by atoms with Gasteiger partial charge in [-0.2, -0.15) is 9.97 Å². The van der Waals surface area contributed by atoms with Gasteiger partial charge in [0.05, 0.1) is 58.9 Å². The molecule has 3 aliphatic heterocycles. The second-order valence-corrected chi connectivity index (χ2v) is 15.0. The van der Waals surface area contributed by atoms with Crippen molar-refractivity contribution in [3.05, 3.63) is 63.6 Å². The minimum Gasteiger partial charge on any atom is -0.508 e. The zero-order valence-corrected chi connectivity index (χ0v) is 31.7. The molecule has 0 radical (unpaired) electrons. The maximum absolute atomic E-state index is 15.5. The van der Waals surface area contributed by atoms with Crippen LogP contribution in [0.25, 0.3) is 38.9 Å². The molecule has 1 fully saturated rings. The van der Waals surface area contributed by atoms with Crippen LogP contribution in [-0.4, -0.2) is 97.9 Å². The Morgan fingerprint density at radius 3 is 2.67 bits per heavy atom. The monoisotopic (exact) mass is 739 g/mol. The van der Waals surface area contributed by atoms with E-state index in [1.54, 1.807) is 38.4 Å². The van der Waals surface area contributed by atoms with Gasteiger partial charge < -0.3 is 30.1 Å². The summed E-state index contributed by atoms with van der Waals surface area (Å²) in [5.74, 6) is 0.0326. The van der Waals surface area contributed by atoms with Crippen molar-refractivity contribution in [2.45, 2.75) is 46.6 Å². The first-order valence-electron chi connectivity index (χ1n) is 18.5. The molecule has 0 aliphatic carbocycles. The number of aromatic hydroxyl groups is 1. The summed E-state index contributed by atoms with van der Waals surface area (Å²) in [5.41, 5.74) is 9.39. The number of nitrogens with zero attached hydrogens (tertiary/aromatic N) is 6. The van der Waals surface area contributed by atoms with Crippen molar-refractivity contribution in [1.29, 1.82) is 0 Å². The molecule has 3 N–H and O–H groups in total. The lowest BCUT2D eigenvalue weighted by atomic mass is 9.87. The Morgan fingerprint density at radius 1 is 1.20 bits per heavy atom. The molecule has 11 nitrogen and oxygen atoms in total. The van der Waals surface area contributed by atoms with Crippen molar-refractivity contribution in [2.24, 2.45) is 27.1 Å². The summed E-state index contributed by atoms with van der Waals surface area (Å²) < 4.78 is 41.3. The molecule has 1 amide bonds. The van der Waals surface area contributed by atoms with Crippen LogP contribution in [0, 0.1) is 24.1 Å². The lowest BCUT2D eigenvalue weighted by molar-refractivity contribution is -0.142. The minimum absolute atomic E-state index is 0.0241. The van der Waals surface area contributed by atoms with Crippen LogP contribution in [0.15, 0.2) is 46.0 Å². The third-order valence-corrected chi connectivity index (χ3v) is 10.8. The third kappa shape index (κ3) is 6.63. The largest absolute Gasteiger partial charge is 0.508 e. The van der Waals surface area contributed by atoms with Crippen molar-refractivity contribution >= 4 is 45.2 Å². The highest BCUT2D eigenvalue weighted by atomic mass is 19.1. The van der Waals surface area contributed by atoms with Crippen LogP contribution < -0.4 is 25.9 Å². The second kappa shape index (κ2) is 14.6. The van der Waals surface area contributed by atoms with Gasteiger partial charge in [-0.25, -0.2) is 4.39 Å². The summed E-state index contributed by atoms with van der Waals surface area (Å²) in [4.78, 5) is 36.3. The maximum atomic E-state index is 15.5. The SMILES string of the molecule is CCc1c(F)ccc2cc(O)cc(-c3c(C)c4nc(OCC5(CF)COC5)nc(N5CCCN=C(/C=C(\N)C(=O)N(C)C)C5)c4c4c3=NC(C)C(C)C=4)c12. The van der Waals surface area contributed by atoms with Gasteiger partial charge in [-0.05, 0) is 84.3 Å². The number of carbonyl (C=O) groups excluding carboxylic acids is 1. The maximum Gasteiger partial charge on any atom is 0.318 e. The van der Waals surface area contributed by atoms with Crippen LogP contribution in [-0.2, 0) is 16.0 Å². The molecule has 284 valence electrons. The van der Waals surface area contributed by atoms with Crippen LogP contribution in [0.1, 0.15) is 38.3 Å². The van der Waals surface area contributed by atoms with Gasteiger partial charge in [-0.15, -0.1) is 0 Å². The molecule has 0 spiro atoms. The van der Waals surface area contributed by atoms with E-state index < -0.39 is 12.1 Å². The Balaban J connectivity index is 1.53. The molecule has 54 heavy (non-hydrogen) atoms. The van der Waals surface area contributed by atoms with E-state index in [-0.39, 0.29) is 61.0 Å². The number of fused-ring (bicyclic) bond motifs is 4. The van der Waals surface area contributed by atoms with Crippen LogP contribution in [0.5, 0.6) is 11.8 Å². The standard InChI is InChI=1S/C41H47F2N7O4/c1-7-28-31(43)10-9-25-14-27(51)16-29(34(25)28)33-23(3)36-35(30-13-22(2)24(4)46-37(30)33)38(48-40(47-36)54-21-41(18-42)19-53-20-41)50-12-8-11-45-26(17-50)15-32(44)39(52)49(5)6/h9-10,13-16,22,24,51H,7-8,11-12,17-21,44H2,1-6H3/b32-15-. The smallest absolute Gasteiger partial charge is 0.318 e. The summed E-state index contributed by atoms with van der Waals surface area (Å²) in [7, 11) is 3.29. The Bertz CT molecular complexity index is 2350. The molecule has 4 aromatic rings. The van der Waals surface area contributed by atoms with Crippen LogP contribution in [0.2, 0.25) is 0 Å². The van der Waals surface area contributed by atoms with E-state index in [9.17, 15) is 14.3 Å². The number of hydrogen-bond acceptors (Lipinski definition) is 10. The minimum atomic E-state index is -0.780. The zero-order valence-electron chi connectivity index (χ0n) is 31.7. The molecular formula is C41H47F2N7O4. The lowest BCUT2D eigenvalue weighted by Crippen LogP contribution is -2.49. The molecule has 13 heteroatoms. The van der Waals surface area contributed by atoms with Gasteiger partial charge >= 0.3 is 6.01 Å². The first-order chi connectivity index (χ1) is 25.8. The van der Waals surface area contributed by atoms with Gasteiger partial charge in [0.1, 0.15) is 30.7 Å². The molecule has 7 rings (SSSR count). The first kappa shape index (κ1) is 37.2. The average Bonchev–Trinajstić information content (AvgIpc) is 3.37. The van der Waals surface area contributed by atoms with E-state index in [1.807, 2.05) is 13.8 Å². The number of anilines is 1. The first-order valence-corrected chi connectivity index (χ1v) is 18.5. The molecule has 2 atom stereocenters. The normalized spacial score (nSPS) is 19.7. The number of ether oxygens (including phenoxy) is 2. The quantitative estimate of drug-likeness (QED) is 0.239. The highest BCUT2D eigenvalue weighted by Crippen LogP contribution is 2.39. The second-order valence-electron chi connectivity index (χ2n) is 15.0. The van der Waals surface area contributed by atoms with Crippen LogP contribution >= 0.6 is 0 Å². The molecule has 3 aromatic carbocycles. The number of likely N-dealkylation sites (N-methyl/N-ethyl adjacent to an activating group) is 1. The van der Waals surface area contributed by atoms with Gasteiger partial charge in [-0.3, -0.25) is 19.2 Å². The summed E-state index contributed by atoms with van der Waals surface area (Å²) >= 11 is 0. The van der Waals surface area contributed by atoms with E-state index in [0.717, 1.165) is 21.7 Å². The zero-order chi connectivity index (χ0) is 38.5. The molecule has 1 aromatic heterocycles.